The van der Waals surface area contributed by atoms with E-state index < -0.39 is 79.8 Å². The Bertz CT molecular complexity index is 2200. The van der Waals surface area contributed by atoms with Gasteiger partial charge in [0.2, 0.25) is 23.6 Å². The van der Waals surface area contributed by atoms with Crippen LogP contribution in [-0.4, -0.2) is 86.7 Å². The monoisotopic (exact) mass is 843 g/mol. The normalized spacial score (nSPS) is 14.7. The molecule has 8 N–H and O–H groups in total. The van der Waals surface area contributed by atoms with Crippen LogP contribution in [0.5, 0.6) is 0 Å². The third-order valence-electron chi connectivity index (χ3n) is 10.4. The van der Waals surface area contributed by atoms with Gasteiger partial charge in [0.25, 0.3) is 0 Å². The molecule has 0 saturated carbocycles. The van der Waals surface area contributed by atoms with Gasteiger partial charge < -0.3 is 46.2 Å². The second-order valence-corrected chi connectivity index (χ2v) is 16.6. The van der Waals surface area contributed by atoms with Crippen LogP contribution in [0.1, 0.15) is 54.4 Å². The second kappa shape index (κ2) is 20.7. The summed E-state index contributed by atoms with van der Waals surface area (Å²) < 4.78 is 17.0. The van der Waals surface area contributed by atoms with Crippen molar-refractivity contribution in [3.8, 4) is 0 Å². The molecule has 2 atom stereocenters. The summed E-state index contributed by atoms with van der Waals surface area (Å²) in [6.07, 6.45) is -1.56. The van der Waals surface area contributed by atoms with E-state index in [0.29, 0.717) is 24.0 Å². The Kier molecular flexibility index (Phi) is 15.6. The van der Waals surface area contributed by atoms with Crippen LogP contribution in [0.15, 0.2) is 97.1 Å². The van der Waals surface area contributed by atoms with E-state index in [-0.39, 0.29) is 45.5 Å². The molecule has 0 spiro atoms. The number of carbonyl (C=O) groups excluding carboxylic acids is 5. The van der Waals surface area contributed by atoms with Crippen molar-refractivity contribution in [2.75, 3.05) is 19.6 Å². The third kappa shape index (κ3) is 13.2. The highest BCUT2D eigenvalue weighted by Crippen LogP contribution is 2.39. The number of ether oxygens (including phenoxy) is 1. The van der Waals surface area contributed by atoms with Crippen LogP contribution >= 0.6 is 7.60 Å². The summed E-state index contributed by atoms with van der Waals surface area (Å²) in [4.78, 5) is 99.2. The van der Waals surface area contributed by atoms with Crippen LogP contribution in [0.3, 0.4) is 0 Å². The number of aliphatic carboxylic acids is 1. The Morgan fingerprint density at radius 2 is 1.45 bits per heavy atom. The van der Waals surface area contributed by atoms with Gasteiger partial charge >= 0.3 is 19.7 Å². The van der Waals surface area contributed by atoms with E-state index in [1.165, 1.54) is 29.2 Å². The minimum absolute atomic E-state index is 0.00153. The Labute approximate surface area is 347 Å². The van der Waals surface area contributed by atoms with E-state index in [9.17, 15) is 48.2 Å². The van der Waals surface area contributed by atoms with Gasteiger partial charge in [-0.1, -0.05) is 97.1 Å². The van der Waals surface area contributed by atoms with Crippen molar-refractivity contribution in [2.45, 2.75) is 69.3 Å². The summed E-state index contributed by atoms with van der Waals surface area (Å²) in [5, 5.41) is 20.1. The minimum Gasteiger partial charge on any atom is -0.481 e. The number of aryl methyl sites for hydroxylation is 1. The molecule has 0 unspecified atom stereocenters. The molecule has 17 heteroatoms. The summed E-state index contributed by atoms with van der Waals surface area (Å²) in [5.41, 5.74) is 6.45. The van der Waals surface area contributed by atoms with Crippen LogP contribution in [0, 0.1) is 5.92 Å². The van der Waals surface area contributed by atoms with Gasteiger partial charge in [-0.3, -0.25) is 28.5 Å². The van der Waals surface area contributed by atoms with Gasteiger partial charge in [0, 0.05) is 19.6 Å². The molecule has 4 aromatic carbocycles. The van der Waals surface area contributed by atoms with Crippen LogP contribution in [0.25, 0.3) is 10.8 Å². The summed E-state index contributed by atoms with van der Waals surface area (Å²) >= 11 is 0. The van der Waals surface area contributed by atoms with E-state index in [0.717, 1.165) is 21.9 Å². The molecule has 60 heavy (non-hydrogen) atoms. The van der Waals surface area contributed by atoms with Crippen molar-refractivity contribution in [3.05, 3.63) is 119 Å². The van der Waals surface area contributed by atoms with Gasteiger partial charge in [-0.15, -0.1) is 0 Å². The van der Waals surface area contributed by atoms with Gasteiger partial charge in [0.05, 0.1) is 24.9 Å². The molecule has 4 aromatic rings. The van der Waals surface area contributed by atoms with E-state index in [1.807, 2.05) is 48.5 Å². The van der Waals surface area contributed by atoms with Gasteiger partial charge in [-0.2, -0.15) is 0 Å². The summed E-state index contributed by atoms with van der Waals surface area (Å²) in [7, 11) is -4.35. The number of nitrogens with zero attached hydrogens (tertiary/aromatic N) is 1. The summed E-state index contributed by atoms with van der Waals surface area (Å²) in [6.45, 7) is 0.0907. The van der Waals surface area contributed by atoms with E-state index in [4.69, 9.17) is 10.5 Å². The number of nitrogens with one attached hydrogen (secondary N) is 3. The zero-order valence-electron chi connectivity index (χ0n) is 33.0. The van der Waals surface area contributed by atoms with Crippen molar-refractivity contribution in [1.29, 1.82) is 0 Å². The predicted octanol–water partition coefficient (Wildman–Crippen LogP) is 3.55. The van der Waals surface area contributed by atoms with Crippen LogP contribution in [0.4, 0.5) is 4.79 Å². The Morgan fingerprint density at radius 3 is 2.12 bits per heavy atom. The number of carboxylic acids is 1. The zero-order valence-corrected chi connectivity index (χ0v) is 33.9. The summed E-state index contributed by atoms with van der Waals surface area (Å²) in [6, 6.07) is 27.5. The largest absolute Gasteiger partial charge is 0.481 e. The number of fused-ring (bicyclic) bond motifs is 1. The van der Waals surface area contributed by atoms with E-state index in [1.54, 1.807) is 24.3 Å². The lowest BCUT2D eigenvalue weighted by molar-refractivity contribution is -0.143. The number of nitrogens with two attached hydrogens (primary N) is 1. The number of piperidine rings is 1. The molecule has 16 nitrogen and oxygen atoms in total. The zero-order chi connectivity index (χ0) is 43.3. The molecular weight excluding hydrogens is 793 g/mol. The Balaban J connectivity index is 1.31. The number of likely N-dealkylation sites (tertiary alicyclic amines) is 1. The quantitative estimate of drug-likeness (QED) is 0.0531. The van der Waals surface area contributed by atoms with Crippen LogP contribution in [-0.2, 0) is 58.9 Å². The number of hydrogen-bond acceptors (Lipinski definition) is 8. The molecule has 5 rings (SSSR count). The molecule has 1 aliphatic heterocycles. The van der Waals surface area contributed by atoms with Gasteiger partial charge in [-0.25, -0.2) is 4.79 Å². The molecular formula is C43H50N5O11P. The molecule has 1 fully saturated rings. The first kappa shape index (κ1) is 45.0. The average Bonchev–Trinajstić information content (AvgIpc) is 3.21. The van der Waals surface area contributed by atoms with Crippen molar-refractivity contribution in [3.63, 3.8) is 0 Å². The van der Waals surface area contributed by atoms with Gasteiger partial charge in [-0.05, 0) is 65.1 Å². The number of hydrogen-bond donors (Lipinski definition) is 7. The van der Waals surface area contributed by atoms with E-state index >= 15 is 0 Å². The highest BCUT2D eigenvalue weighted by Gasteiger charge is 2.46. The first-order valence-corrected chi connectivity index (χ1v) is 21.4. The number of benzene rings is 4. The number of amides is 5. The fourth-order valence-electron chi connectivity index (χ4n) is 7.23. The van der Waals surface area contributed by atoms with Crippen molar-refractivity contribution >= 4 is 54.1 Å². The van der Waals surface area contributed by atoms with Crippen LogP contribution in [0.2, 0.25) is 0 Å². The molecule has 1 aliphatic rings. The lowest BCUT2D eigenvalue weighted by Crippen LogP contribution is -2.66. The number of carboxylic acid groups (broad SMARTS) is 1. The van der Waals surface area contributed by atoms with Gasteiger partial charge in [0.15, 0.2) is 0 Å². The Hall–Kier alpha value is -6.09. The molecule has 1 saturated heterocycles. The predicted molar refractivity (Wildman–Crippen MR) is 221 cm³/mol. The SMILES string of the molecule is NC(=O)C[C@H](NC(=O)C1(NC(=O)[C@H](CC(=O)O)Cc2ccc(CP(=O)(O)O)cc2)CCN(C(=O)OCc2ccccc2)CC1)C(=O)NCCCc1cccc2ccccc12. The van der Waals surface area contributed by atoms with Crippen molar-refractivity contribution in [1.82, 2.24) is 20.9 Å². The topological polar surface area (TPSA) is 255 Å². The first-order chi connectivity index (χ1) is 28.6. The highest BCUT2D eigenvalue weighted by molar-refractivity contribution is 7.50. The maximum atomic E-state index is 14.4. The molecule has 0 aromatic heterocycles. The first-order valence-electron chi connectivity index (χ1n) is 19.6. The minimum atomic E-state index is -4.35. The molecule has 1 heterocycles. The molecule has 0 aliphatic carbocycles. The molecule has 5 amide bonds. The smallest absolute Gasteiger partial charge is 0.410 e. The Morgan fingerprint density at radius 1 is 0.800 bits per heavy atom. The second-order valence-electron chi connectivity index (χ2n) is 15.0. The fourth-order valence-corrected chi connectivity index (χ4v) is 7.92. The lowest BCUT2D eigenvalue weighted by atomic mass is 9.84. The molecule has 318 valence electrons. The maximum absolute atomic E-state index is 14.4. The van der Waals surface area contributed by atoms with Gasteiger partial charge in [0.1, 0.15) is 18.2 Å². The van der Waals surface area contributed by atoms with Crippen LogP contribution < -0.4 is 21.7 Å². The average molecular weight is 844 g/mol. The highest BCUT2D eigenvalue weighted by atomic mass is 31.2. The van der Waals surface area contributed by atoms with Crippen molar-refractivity contribution < 1.29 is 53.0 Å². The standard InChI is InChI=1S/C43H50N5O11P/c44-37(49)26-36(40(53)45-21-7-13-33-12-6-11-32-10-4-5-14-35(32)33)46-41(54)43(19-22-48(23-20-43)42(55)59-27-30-8-2-1-3-9-30)47-39(52)34(25-38(50)51)24-29-15-17-31(18-16-29)28-60(56,57)58/h1-6,8-12,14-18,34,36H,7,13,19-28H2,(H2,44,49)(H,45,53)(H,46,54)(H,47,52)(H,50,51)(H2,56,57,58)/t34-,36-/m0/s1. The maximum Gasteiger partial charge on any atom is 0.410 e. The third-order valence-corrected chi connectivity index (χ3v) is 11.2. The molecule has 0 radical (unpaired) electrons. The molecule has 0 bridgehead atoms. The van der Waals surface area contributed by atoms with Crippen molar-refractivity contribution in [2.24, 2.45) is 11.7 Å². The number of primary amides is 1. The number of carbonyl (C=O) groups is 6. The van der Waals surface area contributed by atoms with E-state index in [2.05, 4.69) is 16.0 Å². The fraction of sp³-hybridized carbons (Fsp3) is 0.349. The lowest BCUT2D eigenvalue weighted by Gasteiger charge is -2.41. The number of rotatable bonds is 19. The summed E-state index contributed by atoms with van der Waals surface area (Å²) in [5.74, 6) is -5.66.